The quantitative estimate of drug-likeness (QED) is 0.787. The second-order valence-corrected chi connectivity index (χ2v) is 4.61. The molecule has 0 aromatic carbocycles. The maximum Gasteiger partial charge on any atom is 0.0794 e. The molecular formula is C10H16N2S. The predicted molar refractivity (Wildman–Crippen MR) is 55.8 cm³/mol. The molecule has 0 aliphatic heterocycles. The minimum Gasteiger partial charge on any atom is -0.327 e. The van der Waals surface area contributed by atoms with Crippen LogP contribution in [0.4, 0.5) is 0 Å². The van der Waals surface area contributed by atoms with Crippen LogP contribution in [0.5, 0.6) is 0 Å². The van der Waals surface area contributed by atoms with Gasteiger partial charge < -0.3 is 5.73 Å². The predicted octanol–water partition coefficient (Wildman–Crippen LogP) is 2.20. The highest BCUT2D eigenvalue weighted by Crippen LogP contribution is 2.25. The van der Waals surface area contributed by atoms with Crippen LogP contribution in [0.3, 0.4) is 0 Å². The Morgan fingerprint density at radius 1 is 1.46 bits per heavy atom. The van der Waals surface area contributed by atoms with Crippen LogP contribution in [0.25, 0.3) is 0 Å². The summed E-state index contributed by atoms with van der Waals surface area (Å²) >= 11 is 1.68. The van der Waals surface area contributed by atoms with E-state index in [0.717, 1.165) is 6.42 Å². The third-order valence-electron chi connectivity index (χ3n) is 2.92. The molecule has 13 heavy (non-hydrogen) atoms. The van der Waals surface area contributed by atoms with Crippen molar-refractivity contribution in [2.24, 2.45) is 11.7 Å². The Kier molecular flexibility index (Phi) is 2.96. The van der Waals surface area contributed by atoms with Gasteiger partial charge in [0, 0.05) is 11.4 Å². The van der Waals surface area contributed by atoms with Gasteiger partial charge in [-0.25, -0.2) is 4.98 Å². The summed E-state index contributed by atoms with van der Waals surface area (Å²) in [6.45, 7) is 0. The highest BCUT2D eigenvalue weighted by molar-refractivity contribution is 7.07. The average Bonchev–Trinajstić information content (AvgIpc) is 2.61. The van der Waals surface area contributed by atoms with Crippen LogP contribution in [0.1, 0.15) is 31.4 Å². The van der Waals surface area contributed by atoms with Gasteiger partial charge in [-0.15, -0.1) is 11.3 Å². The van der Waals surface area contributed by atoms with E-state index in [4.69, 9.17) is 5.73 Å². The van der Waals surface area contributed by atoms with Gasteiger partial charge >= 0.3 is 0 Å². The molecule has 0 saturated heterocycles. The van der Waals surface area contributed by atoms with Gasteiger partial charge in [0.2, 0.25) is 0 Å². The monoisotopic (exact) mass is 196 g/mol. The number of thiazole rings is 1. The van der Waals surface area contributed by atoms with Gasteiger partial charge in [-0.1, -0.05) is 12.8 Å². The Bertz CT molecular complexity index is 245. The van der Waals surface area contributed by atoms with Crippen LogP contribution < -0.4 is 5.73 Å². The summed E-state index contributed by atoms with van der Waals surface area (Å²) in [5.74, 6) is 0.677. The van der Waals surface area contributed by atoms with E-state index in [1.807, 2.05) is 5.51 Å². The molecule has 1 fully saturated rings. The van der Waals surface area contributed by atoms with Crippen molar-refractivity contribution in [3.05, 3.63) is 16.6 Å². The highest BCUT2D eigenvalue weighted by Gasteiger charge is 2.22. The third kappa shape index (κ3) is 2.29. The lowest BCUT2D eigenvalue weighted by atomic mass is 9.82. The summed E-state index contributed by atoms with van der Waals surface area (Å²) in [6, 6.07) is 0.412. The first-order valence-corrected chi connectivity index (χ1v) is 5.93. The van der Waals surface area contributed by atoms with Crippen LogP contribution in [0.15, 0.2) is 10.9 Å². The first-order valence-electron chi connectivity index (χ1n) is 4.99. The molecule has 1 aliphatic rings. The summed E-state index contributed by atoms with van der Waals surface area (Å²) < 4.78 is 0. The van der Waals surface area contributed by atoms with E-state index in [0.29, 0.717) is 12.0 Å². The topological polar surface area (TPSA) is 38.9 Å². The van der Waals surface area contributed by atoms with E-state index in [1.165, 1.54) is 31.4 Å². The maximum atomic E-state index is 6.07. The Labute approximate surface area is 83.2 Å². The van der Waals surface area contributed by atoms with Crippen molar-refractivity contribution in [1.82, 2.24) is 4.98 Å². The first kappa shape index (κ1) is 9.16. The largest absolute Gasteiger partial charge is 0.327 e. The molecule has 0 amide bonds. The molecule has 2 nitrogen and oxygen atoms in total. The molecule has 0 bridgehead atoms. The summed E-state index contributed by atoms with van der Waals surface area (Å²) in [5.41, 5.74) is 9.21. The molecule has 0 spiro atoms. The number of hydrogen-bond acceptors (Lipinski definition) is 3. The molecule has 1 aromatic heterocycles. The van der Waals surface area contributed by atoms with Gasteiger partial charge in [0.25, 0.3) is 0 Å². The second-order valence-electron chi connectivity index (χ2n) is 3.89. The number of aromatic nitrogens is 1. The van der Waals surface area contributed by atoms with E-state index in [-0.39, 0.29) is 0 Å². The maximum absolute atomic E-state index is 6.07. The van der Waals surface area contributed by atoms with Gasteiger partial charge in [0.05, 0.1) is 11.2 Å². The minimum absolute atomic E-state index is 0.412. The molecule has 2 atom stereocenters. The number of rotatable bonds is 2. The summed E-state index contributed by atoms with van der Waals surface area (Å²) in [6.07, 6.45) is 6.25. The molecule has 1 aromatic rings. The van der Waals surface area contributed by atoms with Crippen LogP contribution >= 0.6 is 11.3 Å². The van der Waals surface area contributed by atoms with Crippen LogP contribution in [-0.4, -0.2) is 11.0 Å². The van der Waals surface area contributed by atoms with E-state index in [2.05, 4.69) is 10.4 Å². The number of nitrogens with zero attached hydrogens (tertiary/aromatic N) is 1. The molecule has 1 saturated carbocycles. The molecule has 72 valence electrons. The molecule has 2 rings (SSSR count). The fourth-order valence-electron chi connectivity index (χ4n) is 2.10. The molecule has 2 unspecified atom stereocenters. The first-order chi connectivity index (χ1) is 6.36. The SMILES string of the molecule is NC1CCCCC1Cc1cscn1. The van der Waals surface area contributed by atoms with Gasteiger partial charge in [-0.05, 0) is 25.2 Å². The summed E-state index contributed by atoms with van der Waals surface area (Å²) in [4.78, 5) is 4.31. The standard InChI is InChI=1S/C10H16N2S/c11-10-4-2-1-3-8(10)5-9-6-13-7-12-9/h6-8,10H,1-5,11H2. The highest BCUT2D eigenvalue weighted by atomic mass is 32.1. The lowest BCUT2D eigenvalue weighted by molar-refractivity contribution is 0.305. The van der Waals surface area contributed by atoms with Crippen molar-refractivity contribution in [2.75, 3.05) is 0 Å². The Morgan fingerprint density at radius 3 is 3.00 bits per heavy atom. The number of nitrogens with two attached hydrogens (primary N) is 1. The Balaban J connectivity index is 1.93. The van der Waals surface area contributed by atoms with Crippen molar-refractivity contribution in [1.29, 1.82) is 0 Å². The lowest BCUT2D eigenvalue weighted by Gasteiger charge is -2.27. The summed E-state index contributed by atoms with van der Waals surface area (Å²) in [7, 11) is 0. The van der Waals surface area contributed by atoms with Crippen molar-refractivity contribution in [2.45, 2.75) is 38.1 Å². The Morgan fingerprint density at radius 2 is 2.31 bits per heavy atom. The van der Waals surface area contributed by atoms with E-state index < -0.39 is 0 Å². The van der Waals surface area contributed by atoms with Crippen molar-refractivity contribution in [3.8, 4) is 0 Å². The molecule has 3 heteroatoms. The third-order valence-corrected chi connectivity index (χ3v) is 3.56. The Hall–Kier alpha value is -0.410. The van der Waals surface area contributed by atoms with Crippen LogP contribution in [0.2, 0.25) is 0 Å². The van der Waals surface area contributed by atoms with Crippen LogP contribution in [0, 0.1) is 5.92 Å². The molecular weight excluding hydrogens is 180 g/mol. The molecule has 2 N–H and O–H groups in total. The molecule has 1 aliphatic carbocycles. The molecule has 1 heterocycles. The van der Waals surface area contributed by atoms with Gasteiger partial charge in [-0.2, -0.15) is 0 Å². The number of hydrogen-bond donors (Lipinski definition) is 1. The molecule has 0 radical (unpaired) electrons. The summed E-state index contributed by atoms with van der Waals surface area (Å²) in [5, 5.41) is 2.14. The average molecular weight is 196 g/mol. The van der Waals surface area contributed by atoms with Crippen LogP contribution in [-0.2, 0) is 6.42 Å². The second kappa shape index (κ2) is 4.20. The zero-order chi connectivity index (χ0) is 9.10. The van der Waals surface area contributed by atoms with E-state index in [1.54, 1.807) is 11.3 Å². The lowest BCUT2D eigenvalue weighted by Crippen LogP contribution is -2.34. The zero-order valence-corrected chi connectivity index (χ0v) is 8.59. The van der Waals surface area contributed by atoms with Gasteiger partial charge in [0.15, 0.2) is 0 Å². The van der Waals surface area contributed by atoms with Crippen molar-refractivity contribution in [3.63, 3.8) is 0 Å². The van der Waals surface area contributed by atoms with Crippen molar-refractivity contribution < 1.29 is 0 Å². The van der Waals surface area contributed by atoms with E-state index >= 15 is 0 Å². The fraction of sp³-hybridized carbons (Fsp3) is 0.700. The van der Waals surface area contributed by atoms with Crippen molar-refractivity contribution >= 4 is 11.3 Å². The zero-order valence-electron chi connectivity index (χ0n) is 7.78. The fourth-order valence-corrected chi connectivity index (χ4v) is 2.67. The van der Waals surface area contributed by atoms with Gasteiger partial charge in [-0.3, -0.25) is 0 Å². The smallest absolute Gasteiger partial charge is 0.0794 e. The van der Waals surface area contributed by atoms with Gasteiger partial charge in [0.1, 0.15) is 0 Å². The van der Waals surface area contributed by atoms with E-state index in [9.17, 15) is 0 Å². The normalized spacial score (nSPS) is 29.0. The minimum atomic E-state index is 0.412.